The maximum Gasteiger partial charge on any atom is 0.120 e. The first-order valence-electron chi connectivity index (χ1n) is 6.78. The Morgan fingerprint density at radius 2 is 2.11 bits per heavy atom. The fourth-order valence-electron chi connectivity index (χ4n) is 2.19. The number of rotatable bonds is 6. The first kappa shape index (κ1) is 14.8. The first-order chi connectivity index (χ1) is 8.49. The molecule has 1 aromatic heterocycles. The molecule has 0 amide bonds. The summed E-state index contributed by atoms with van der Waals surface area (Å²) in [5.74, 6) is 0.763. The number of aromatic nitrogens is 1. The molecule has 18 heavy (non-hydrogen) atoms. The fraction of sp³-hybridized carbons (Fsp3) is 0.667. The van der Waals surface area contributed by atoms with Crippen molar-refractivity contribution < 1.29 is 0 Å². The van der Waals surface area contributed by atoms with Crippen molar-refractivity contribution in [2.45, 2.75) is 53.1 Å². The molecule has 0 fully saturated rings. The molecule has 0 aliphatic heterocycles. The monoisotopic (exact) mass is 247 g/mol. The molecule has 0 saturated heterocycles. The molecule has 2 unspecified atom stereocenters. The van der Waals surface area contributed by atoms with Gasteiger partial charge in [0.25, 0.3) is 0 Å². The van der Waals surface area contributed by atoms with Crippen molar-refractivity contribution in [1.29, 1.82) is 5.26 Å². The second kappa shape index (κ2) is 6.61. The molecule has 0 aromatic carbocycles. The molecule has 1 aromatic rings. The van der Waals surface area contributed by atoms with E-state index in [-0.39, 0.29) is 0 Å². The van der Waals surface area contributed by atoms with Crippen molar-refractivity contribution in [1.82, 2.24) is 9.88 Å². The third-order valence-electron chi connectivity index (χ3n) is 3.85. The van der Waals surface area contributed by atoms with Crippen LogP contribution in [-0.2, 0) is 13.6 Å². The summed E-state index contributed by atoms with van der Waals surface area (Å²) in [5.41, 5.74) is 3.14. The lowest BCUT2D eigenvalue weighted by Crippen LogP contribution is -2.27. The van der Waals surface area contributed by atoms with E-state index in [2.05, 4.69) is 39.1 Å². The Hall–Kier alpha value is -1.27. The Morgan fingerprint density at radius 3 is 2.61 bits per heavy atom. The number of nitrogens with one attached hydrogen (secondary N) is 1. The van der Waals surface area contributed by atoms with Gasteiger partial charge in [-0.3, -0.25) is 0 Å². The number of hydrogen-bond acceptors (Lipinski definition) is 2. The van der Waals surface area contributed by atoms with Crippen molar-refractivity contribution in [2.24, 2.45) is 13.0 Å². The molecule has 2 atom stereocenters. The van der Waals surface area contributed by atoms with E-state index in [1.54, 1.807) is 0 Å². The average Bonchev–Trinajstić information content (AvgIpc) is 2.63. The minimum absolute atomic E-state index is 0.519. The lowest BCUT2D eigenvalue weighted by Gasteiger charge is -2.17. The van der Waals surface area contributed by atoms with E-state index in [1.165, 1.54) is 24.1 Å². The molecule has 3 heteroatoms. The van der Waals surface area contributed by atoms with Crippen LogP contribution >= 0.6 is 0 Å². The Morgan fingerprint density at radius 1 is 1.44 bits per heavy atom. The standard InChI is InChI=1S/C15H25N3/c1-6-11(2)7-12(3)17-10-14-8-15(9-16)18(5)13(14)4/h8,11-12,17H,6-7,10H2,1-5H3. The van der Waals surface area contributed by atoms with E-state index in [0.717, 1.165) is 18.2 Å². The minimum atomic E-state index is 0.519. The maximum absolute atomic E-state index is 8.99. The summed E-state index contributed by atoms with van der Waals surface area (Å²) >= 11 is 0. The van der Waals surface area contributed by atoms with Gasteiger partial charge in [-0.25, -0.2) is 0 Å². The lowest BCUT2D eigenvalue weighted by molar-refractivity contribution is 0.411. The van der Waals surface area contributed by atoms with Gasteiger partial charge < -0.3 is 9.88 Å². The maximum atomic E-state index is 8.99. The molecule has 0 aliphatic carbocycles. The molecule has 3 nitrogen and oxygen atoms in total. The highest BCUT2D eigenvalue weighted by Crippen LogP contribution is 2.14. The quantitative estimate of drug-likeness (QED) is 0.839. The number of nitrogens with zero attached hydrogens (tertiary/aromatic N) is 2. The highest BCUT2D eigenvalue weighted by Gasteiger charge is 2.11. The smallest absolute Gasteiger partial charge is 0.120 e. The molecule has 0 spiro atoms. The van der Waals surface area contributed by atoms with Gasteiger partial charge in [-0.1, -0.05) is 20.3 Å². The Kier molecular flexibility index (Phi) is 5.43. The van der Waals surface area contributed by atoms with Crippen molar-refractivity contribution in [3.8, 4) is 6.07 Å². The molecule has 0 radical (unpaired) electrons. The van der Waals surface area contributed by atoms with Crippen LogP contribution < -0.4 is 5.32 Å². The van der Waals surface area contributed by atoms with E-state index >= 15 is 0 Å². The van der Waals surface area contributed by atoms with Gasteiger partial charge in [0, 0.05) is 25.3 Å². The first-order valence-corrected chi connectivity index (χ1v) is 6.78. The van der Waals surface area contributed by atoms with Crippen molar-refractivity contribution in [3.63, 3.8) is 0 Å². The molecular formula is C15H25N3. The van der Waals surface area contributed by atoms with E-state index in [9.17, 15) is 0 Å². The van der Waals surface area contributed by atoms with Crippen LogP contribution in [0.1, 0.15) is 50.6 Å². The van der Waals surface area contributed by atoms with Crippen LogP contribution in [-0.4, -0.2) is 10.6 Å². The van der Waals surface area contributed by atoms with E-state index < -0.39 is 0 Å². The highest BCUT2D eigenvalue weighted by molar-refractivity contribution is 5.34. The van der Waals surface area contributed by atoms with Gasteiger partial charge in [0.15, 0.2) is 0 Å². The predicted molar refractivity (Wildman–Crippen MR) is 75.2 cm³/mol. The van der Waals surface area contributed by atoms with Crippen LogP contribution in [0.4, 0.5) is 0 Å². The van der Waals surface area contributed by atoms with E-state index in [0.29, 0.717) is 6.04 Å². The van der Waals surface area contributed by atoms with Crippen LogP contribution in [0, 0.1) is 24.2 Å². The molecular weight excluding hydrogens is 222 g/mol. The molecule has 1 rings (SSSR count). The van der Waals surface area contributed by atoms with Gasteiger partial charge in [-0.2, -0.15) is 5.26 Å². The van der Waals surface area contributed by atoms with Gasteiger partial charge in [0.1, 0.15) is 11.8 Å². The van der Waals surface area contributed by atoms with Crippen molar-refractivity contribution in [2.75, 3.05) is 0 Å². The molecule has 0 saturated carbocycles. The fourth-order valence-corrected chi connectivity index (χ4v) is 2.19. The van der Waals surface area contributed by atoms with Crippen LogP contribution in [0.15, 0.2) is 6.07 Å². The zero-order chi connectivity index (χ0) is 13.7. The molecule has 1 N–H and O–H groups in total. The molecule has 0 aliphatic rings. The van der Waals surface area contributed by atoms with Crippen molar-refractivity contribution in [3.05, 3.63) is 23.0 Å². The summed E-state index contributed by atoms with van der Waals surface area (Å²) in [4.78, 5) is 0. The van der Waals surface area contributed by atoms with Gasteiger partial charge in [-0.15, -0.1) is 0 Å². The SMILES string of the molecule is CCC(C)CC(C)NCc1cc(C#N)n(C)c1C. The summed E-state index contributed by atoms with van der Waals surface area (Å²) in [6, 6.07) is 4.72. The molecule has 100 valence electrons. The van der Waals surface area contributed by atoms with Gasteiger partial charge in [-0.05, 0) is 37.8 Å². The minimum Gasteiger partial charge on any atom is -0.340 e. The van der Waals surface area contributed by atoms with Crippen LogP contribution in [0.3, 0.4) is 0 Å². The summed E-state index contributed by atoms with van der Waals surface area (Å²) in [5, 5.41) is 12.5. The van der Waals surface area contributed by atoms with E-state index in [4.69, 9.17) is 5.26 Å². The van der Waals surface area contributed by atoms with Crippen LogP contribution in [0.25, 0.3) is 0 Å². The second-order valence-corrected chi connectivity index (χ2v) is 5.34. The summed E-state index contributed by atoms with van der Waals surface area (Å²) in [6.45, 7) is 9.67. The zero-order valence-electron chi connectivity index (χ0n) is 12.2. The zero-order valence-corrected chi connectivity index (χ0v) is 12.2. The topological polar surface area (TPSA) is 40.8 Å². The molecule has 1 heterocycles. The number of hydrogen-bond donors (Lipinski definition) is 1. The normalized spacial score (nSPS) is 14.2. The molecule has 0 bridgehead atoms. The van der Waals surface area contributed by atoms with Gasteiger partial charge in [0.2, 0.25) is 0 Å². The van der Waals surface area contributed by atoms with E-state index in [1.807, 2.05) is 17.7 Å². The third kappa shape index (κ3) is 3.61. The van der Waals surface area contributed by atoms with Gasteiger partial charge >= 0.3 is 0 Å². The summed E-state index contributed by atoms with van der Waals surface area (Å²) < 4.78 is 1.95. The highest BCUT2D eigenvalue weighted by atomic mass is 15.0. The van der Waals surface area contributed by atoms with Crippen molar-refractivity contribution >= 4 is 0 Å². The second-order valence-electron chi connectivity index (χ2n) is 5.34. The Bertz CT molecular complexity index is 426. The largest absolute Gasteiger partial charge is 0.340 e. The average molecular weight is 247 g/mol. The Balaban J connectivity index is 2.56. The summed E-state index contributed by atoms with van der Waals surface area (Å²) in [7, 11) is 1.94. The Labute approximate surface area is 111 Å². The lowest BCUT2D eigenvalue weighted by atomic mass is 10.0. The summed E-state index contributed by atoms with van der Waals surface area (Å²) in [6.07, 6.45) is 2.43. The van der Waals surface area contributed by atoms with Gasteiger partial charge in [0.05, 0.1) is 0 Å². The third-order valence-corrected chi connectivity index (χ3v) is 3.85. The van der Waals surface area contributed by atoms with Crippen LogP contribution in [0.2, 0.25) is 0 Å². The van der Waals surface area contributed by atoms with Crippen LogP contribution in [0.5, 0.6) is 0 Å². The number of nitriles is 1. The predicted octanol–water partition coefficient (Wildman–Crippen LogP) is 3.12.